The van der Waals surface area contributed by atoms with Gasteiger partial charge in [0.1, 0.15) is 10.7 Å². The first kappa shape index (κ1) is 27.5. The van der Waals surface area contributed by atoms with Crippen LogP contribution in [0.5, 0.6) is 0 Å². The molecular formula is C22H27ClN4O5S2. The zero-order valence-corrected chi connectivity index (χ0v) is 21.9. The van der Waals surface area contributed by atoms with Crippen molar-refractivity contribution in [3.05, 3.63) is 63.9 Å². The van der Waals surface area contributed by atoms with E-state index in [1.165, 1.54) is 6.26 Å². The quantitative estimate of drug-likeness (QED) is 0.314. The molecular weight excluding hydrogens is 500 g/mol. The zero-order chi connectivity index (χ0) is 25.5. The van der Waals surface area contributed by atoms with Crippen LogP contribution in [0.4, 0.5) is 11.6 Å². The summed E-state index contributed by atoms with van der Waals surface area (Å²) in [5, 5.41) is 8.63. The molecule has 0 bridgehead atoms. The van der Waals surface area contributed by atoms with Crippen LogP contribution in [0, 0.1) is 20.8 Å². The molecule has 0 aliphatic carbocycles. The maximum absolute atomic E-state index is 12.3. The zero-order valence-electron chi connectivity index (χ0n) is 19.5. The van der Waals surface area contributed by atoms with E-state index in [4.69, 9.17) is 16.3 Å². The number of hydrogen-bond donors (Lipinski definition) is 2. The van der Waals surface area contributed by atoms with E-state index >= 15 is 0 Å². The van der Waals surface area contributed by atoms with Crippen LogP contribution in [0.2, 0.25) is 5.02 Å². The summed E-state index contributed by atoms with van der Waals surface area (Å²) in [5.74, 6) is 0.506. The molecule has 3 rings (SSSR count). The van der Waals surface area contributed by atoms with Crippen molar-refractivity contribution in [1.29, 1.82) is 0 Å². The fraction of sp³-hybridized carbons (Fsp3) is 0.318. The smallest absolute Gasteiger partial charge is 0.257 e. The number of hydrogen-bond acceptors (Lipinski definition) is 8. The monoisotopic (exact) mass is 526 g/mol. The van der Waals surface area contributed by atoms with Crippen molar-refractivity contribution in [1.82, 2.24) is 5.16 Å². The van der Waals surface area contributed by atoms with E-state index in [-0.39, 0.29) is 22.1 Å². The van der Waals surface area contributed by atoms with Crippen LogP contribution in [0.25, 0.3) is 0 Å². The topological polar surface area (TPSA) is 123 Å². The van der Waals surface area contributed by atoms with Crippen molar-refractivity contribution in [2.45, 2.75) is 32.4 Å². The highest BCUT2D eigenvalue weighted by molar-refractivity contribution is 8.03. The first-order valence-electron chi connectivity index (χ1n) is 10.0. The van der Waals surface area contributed by atoms with Crippen molar-refractivity contribution in [3.8, 4) is 0 Å². The fourth-order valence-electron chi connectivity index (χ4n) is 2.96. The van der Waals surface area contributed by atoms with Gasteiger partial charge in [0.05, 0.1) is 17.8 Å². The molecule has 184 valence electrons. The van der Waals surface area contributed by atoms with Crippen molar-refractivity contribution in [2.24, 2.45) is 4.99 Å². The highest BCUT2D eigenvalue weighted by atomic mass is 35.5. The second-order valence-electron chi connectivity index (χ2n) is 7.31. The number of aliphatic imine (C=N–C) groups is 1. The van der Waals surface area contributed by atoms with Crippen molar-refractivity contribution in [3.63, 3.8) is 0 Å². The molecule has 0 saturated heterocycles. The Morgan fingerprint density at radius 3 is 2.44 bits per heavy atom. The molecule has 1 aliphatic rings. The second kappa shape index (κ2) is 12.1. The highest BCUT2D eigenvalue weighted by Gasteiger charge is 2.21. The first-order valence-corrected chi connectivity index (χ1v) is 13.2. The Hall–Kier alpha value is -2.76. The number of aryl methyl sites for hydroxylation is 3. The van der Waals surface area contributed by atoms with E-state index in [2.05, 4.69) is 31.3 Å². The molecule has 1 aromatic heterocycles. The molecule has 12 heteroatoms. The molecule has 0 saturated carbocycles. The van der Waals surface area contributed by atoms with Gasteiger partial charge in [-0.3, -0.25) is 9.79 Å². The van der Waals surface area contributed by atoms with E-state index in [1.54, 1.807) is 25.7 Å². The minimum absolute atomic E-state index is 0.0321. The van der Waals surface area contributed by atoms with Crippen molar-refractivity contribution in [2.75, 3.05) is 23.3 Å². The number of anilines is 2. The maximum atomic E-state index is 12.3. The van der Waals surface area contributed by atoms with Gasteiger partial charge in [-0.2, -0.15) is 0 Å². The summed E-state index contributed by atoms with van der Waals surface area (Å²) in [7, 11) is -1.68. The number of rotatable bonds is 6. The van der Waals surface area contributed by atoms with E-state index in [9.17, 15) is 13.2 Å². The number of thioether (sulfide) groups is 1. The Morgan fingerprint density at radius 2 is 2.00 bits per heavy atom. The number of ether oxygens (including phenoxy) is 1. The lowest BCUT2D eigenvalue weighted by atomic mass is 10.0. The van der Waals surface area contributed by atoms with E-state index in [0.717, 1.165) is 35.1 Å². The van der Waals surface area contributed by atoms with Crippen LogP contribution >= 0.6 is 23.4 Å². The molecule has 1 unspecified atom stereocenters. The number of nitrogens with one attached hydrogen (secondary N) is 2. The molecule has 0 spiro atoms. The van der Waals surface area contributed by atoms with Gasteiger partial charge in [0, 0.05) is 18.3 Å². The Labute approximate surface area is 208 Å². The molecule has 0 fully saturated rings. The van der Waals surface area contributed by atoms with Gasteiger partial charge in [-0.15, -0.1) is 11.8 Å². The molecule has 2 N–H and O–H groups in total. The molecule has 9 nitrogen and oxygen atoms in total. The normalized spacial score (nSPS) is 15.4. The number of amides is 1. The van der Waals surface area contributed by atoms with Crippen LogP contribution in [0.3, 0.4) is 0 Å². The minimum Gasteiger partial charge on any atom is -0.447 e. The predicted octanol–water partition coefficient (Wildman–Crippen LogP) is 4.81. The van der Waals surface area contributed by atoms with Crippen LogP contribution in [0.1, 0.15) is 28.8 Å². The SMILES string of the molecule is C=COC(=NC)c1cc(C)c(NC(=O)C2CC=CS2)c(C)c1.Cc1noc(NS(C)(=O)=O)c1Cl. The van der Waals surface area contributed by atoms with Gasteiger partial charge in [-0.1, -0.05) is 29.4 Å². The van der Waals surface area contributed by atoms with Gasteiger partial charge < -0.3 is 14.6 Å². The minimum atomic E-state index is -3.35. The fourth-order valence-corrected chi connectivity index (χ4v) is 4.43. The Balaban J connectivity index is 0.000000287. The molecule has 2 heterocycles. The number of carbonyl (C=O) groups is 1. The third-order valence-corrected chi connectivity index (χ3v) is 6.56. The number of nitrogens with zero attached hydrogens (tertiary/aromatic N) is 2. The van der Waals surface area contributed by atoms with Crippen LogP contribution in [-0.4, -0.2) is 43.9 Å². The largest absolute Gasteiger partial charge is 0.447 e. The van der Waals surface area contributed by atoms with Crippen molar-refractivity contribution >= 4 is 56.8 Å². The van der Waals surface area contributed by atoms with Gasteiger partial charge in [0.2, 0.25) is 21.8 Å². The lowest BCUT2D eigenvalue weighted by Gasteiger charge is -2.16. The van der Waals surface area contributed by atoms with Crippen LogP contribution in [-0.2, 0) is 19.6 Å². The number of benzene rings is 1. The summed E-state index contributed by atoms with van der Waals surface area (Å²) >= 11 is 7.19. The van der Waals surface area contributed by atoms with Crippen molar-refractivity contribution < 1.29 is 22.5 Å². The van der Waals surface area contributed by atoms with Gasteiger partial charge in [-0.05, 0) is 55.9 Å². The summed E-state index contributed by atoms with van der Waals surface area (Å²) < 4.78 is 33.4. The molecule has 2 aromatic rings. The highest BCUT2D eigenvalue weighted by Crippen LogP contribution is 2.28. The summed E-state index contributed by atoms with van der Waals surface area (Å²) in [6.45, 7) is 9.09. The average molecular weight is 527 g/mol. The third-order valence-electron chi connectivity index (χ3n) is 4.48. The van der Waals surface area contributed by atoms with Gasteiger partial charge in [0.25, 0.3) is 5.88 Å². The van der Waals surface area contributed by atoms with Crippen LogP contribution < -0.4 is 10.0 Å². The van der Waals surface area contributed by atoms with E-state index in [1.807, 2.05) is 37.5 Å². The molecule has 1 aromatic carbocycles. The van der Waals surface area contributed by atoms with Crippen LogP contribution in [0.15, 0.2) is 46.0 Å². The first-order chi connectivity index (χ1) is 16.0. The molecule has 1 atom stereocenters. The number of sulfonamides is 1. The lowest BCUT2D eigenvalue weighted by molar-refractivity contribution is -0.115. The number of aromatic nitrogens is 1. The summed E-state index contributed by atoms with van der Waals surface area (Å²) in [6, 6.07) is 3.91. The Morgan fingerprint density at radius 1 is 1.35 bits per heavy atom. The maximum Gasteiger partial charge on any atom is 0.257 e. The second-order valence-corrected chi connectivity index (χ2v) is 10.5. The Kier molecular flexibility index (Phi) is 9.77. The molecule has 34 heavy (non-hydrogen) atoms. The molecule has 1 aliphatic heterocycles. The molecule has 0 radical (unpaired) electrons. The standard InChI is InChI=1S/C17H20N2O2S.C5H7ClN2O3S/c1-5-21-17(18-4)13-9-11(2)15(12(3)10-13)19-16(20)14-7-6-8-22-14;1-3-4(6)5(11-7-3)8-12(2,9)10/h5-6,8-10,14H,1,7H2,2-4H3,(H,19,20);8H,1-2H3. The summed E-state index contributed by atoms with van der Waals surface area (Å²) in [5.41, 5.74) is 4.13. The number of allylic oxidation sites excluding steroid dienone is 1. The van der Waals surface area contributed by atoms with E-state index < -0.39 is 10.0 Å². The Bertz CT molecular complexity index is 1190. The summed E-state index contributed by atoms with van der Waals surface area (Å²) in [4.78, 5) is 16.4. The molecule has 1 amide bonds. The summed E-state index contributed by atoms with van der Waals surface area (Å²) in [6.07, 6.45) is 5.16. The number of halogens is 1. The van der Waals surface area contributed by atoms with Gasteiger partial charge >= 0.3 is 0 Å². The van der Waals surface area contributed by atoms with Gasteiger partial charge in [0.15, 0.2) is 0 Å². The lowest BCUT2D eigenvalue weighted by Crippen LogP contribution is -2.24. The third kappa shape index (κ3) is 7.64. The number of carbonyl (C=O) groups excluding carboxylic acids is 1. The predicted molar refractivity (Wildman–Crippen MR) is 138 cm³/mol. The van der Waals surface area contributed by atoms with E-state index in [0.29, 0.717) is 11.6 Å². The average Bonchev–Trinajstić information content (AvgIpc) is 3.40. The van der Waals surface area contributed by atoms with Gasteiger partial charge in [-0.25, -0.2) is 13.1 Å².